The first kappa shape index (κ1) is 46.6. The molecule has 0 amide bonds. The zero-order valence-corrected chi connectivity index (χ0v) is 38.9. The summed E-state index contributed by atoms with van der Waals surface area (Å²) in [5.74, 6) is 0.503. The summed E-state index contributed by atoms with van der Waals surface area (Å²) in [6.07, 6.45) is -2.96. The quantitative estimate of drug-likeness (QED) is 0.0914. The molecule has 10 nitrogen and oxygen atoms in total. The smallest absolute Gasteiger partial charge is 0.381 e. The number of piperazine rings is 2. The lowest BCUT2D eigenvalue weighted by Crippen LogP contribution is -2.49. The van der Waals surface area contributed by atoms with Gasteiger partial charge in [-0.05, 0) is 97.6 Å². The van der Waals surface area contributed by atoms with Crippen LogP contribution in [0.1, 0.15) is 31.4 Å². The van der Waals surface area contributed by atoms with Crippen molar-refractivity contribution in [1.29, 1.82) is 0 Å². The van der Waals surface area contributed by atoms with Gasteiger partial charge in [0, 0.05) is 110 Å². The molecule has 0 spiro atoms. The zero-order chi connectivity index (χ0) is 45.6. The van der Waals surface area contributed by atoms with E-state index in [0.29, 0.717) is 40.2 Å². The molecule has 0 aliphatic carbocycles. The van der Waals surface area contributed by atoms with Crippen molar-refractivity contribution >= 4 is 61.5 Å². The van der Waals surface area contributed by atoms with Crippen LogP contribution in [0.3, 0.4) is 0 Å². The fourth-order valence-electron chi connectivity index (χ4n) is 8.51. The van der Waals surface area contributed by atoms with Crippen LogP contribution in [0, 0.1) is 0 Å². The van der Waals surface area contributed by atoms with Gasteiger partial charge in [0.25, 0.3) is 10.0 Å². The second-order valence-electron chi connectivity index (χ2n) is 16.9. The molecule has 342 valence electrons. The third-order valence-electron chi connectivity index (χ3n) is 12.2. The van der Waals surface area contributed by atoms with Gasteiger partial charge in [-0.15, -0.1) is 11.8 Å². The van der Waals surface area contributed by atoms with Crippen LogP contribution in [0.25, 0.3) is 22.0 Å². The zero-order valence-electron chi connectivity index (χ0n) is 36.5. The third kappa shape index (κ3) is 11.9. The van der Waals surface area contributed by atoms with Crippen molar-refractivity contribution in [2.45, 2.75) is 54.9 Å². The number of thioether (sulfide) groups is 1. The first-order valence-corrected chi connectivity index (χ1v) is 24.8. The average Bonchev–Trinajstić information content (AvgIpc) is 3.30. The highest BCUT2D eigenvalue weighted by Gasteiger charge is 2.36. The second-order valence-corrected chi connectivity index (χ2v) is 20.1. The molecule has 5 aromatic carbocycles. The molecular formula is C49H54ClF3N8O2S2. The Morgan fingerprint density at radius 3 is 2.22 bits per heavy atom. The Morgan fingerprint density at radius 1 is 0.785 bits per heavy atom. The normalized spacial score (nSPS) is 16.3. The van der Waals surface area contributed by atoms with Crippen LogP contribution in [0.5, 0.6) is 0 Å². The van der Waals surface area contributed by atoms with Gasteiger partial charge < -0.3 is 15.1 Å². The fraction of sp³-hybridized carbons (Fsp3) is 0.347. The standard InChI is InChI=1S/C49H54ClF3N8O2S2/c1-35(2)60-26-22-58(23-27-60)21-20-39(33-64-41-9-4-3-5-10-41)56-46-19-17-42(31-45(46)49(51,52)53)65(62,63)57-48-44-18-16-40(30-47(44)54-34-55-48)61-28-24-59(25-29-61)32-37-8-6-7-11-43(37)36-12-14-38(50)15-13-36/h3-19,30-31,34-35,39,56H,20-29,32-33H2,1-2H3,(H,54,55,57)/t39-/m1/s1. The van der Waals surface area contributed by atoms with Gasteiger partial charge in [-0.25, -0.2) is 18.4 Å². The van der Waals surface area contributed by atoms with Crippen LogP contribution in [0.15, 0.2) is 131 Å². The first-order valence-electron chi connectivity index (χ1n) is 22.0. The maximum atomic E-state index is 14.8. The van der Waals surface area contributed by atoms with Crippen molar-refractivity contribution in [3.8, 4) is 11.1 Å². The van der Waals surface area contributed by atoms with E-state index in [1.807, 2.05) is 72.8 Å². The van der Waals surface area contributed by atoms with E-state index in [4.69, 9.17) is 11.6 Å². The molecule has 0 saturated carbocycles. The highest BCUT2D eigenvalue weighted by molar-refractivity contribution is 7.99. The average molecular weight is 944 g/mol. The number of rotatable bonds is 16. The Labute approximate surface area is 389 Å². The number of halogens is 4. The number of aromatic nitrogens is 2. The molecule has 2 N–H and O–H groups in total. The molecule has 2 fully saturated rings. The Morgan fingerprint density at radius 2 is 1.49 bits per heavy atom. The van der Waals surface area contributed by atoms with Crippen LogP contribution >= 0.6 is 23.4 Å². The largest absolute Gasteiger partial charge is 0.418 e. The van der Waals surface area contributed by atoms with E-state index in [0.717, 1.165) is 81.6 Å². The van der Waals surface area contributed by atoms with Gasteiger partial charge in [-0.1, -0.05) is 66.2 Å². The highest BCUT2D eigenvalue weighted by Crippen LogP contribution is 2.38. The van der Waals surface area contributed by atoms with E-state index in [9.17, 15) is 21.6 Å². The number of hydrogen-bond donors (Lipinski definition) is 2. The number of sulfonamides is 1. The van der Waals surface area contributed by atoms with Gasteiger partial charge in [-0.3, -0.25) is 14.5 Å². The van der Waals surface area contributed by atoms with E-state index < -0.39 is 26.7 Å². The first-order chi connectivity index (χ1) is 31.3. The molecule has 1 atom stereocenters. The second kappa shape index (κ2) is 20.7. The Hall–Kier alpha value is -4.90. The molecular weight excluding hydrogens is 889 g/mol. The van der Waals surface area contributed by atoms with Crippen molar-refractivity contribution in [2.75, 3.05) is 79.6 Å². The fourth-order valence-corrected chi connectivity index (χ4v) is 10.7. The van der Waals surface area contributed by atoms with Crippen LogP contribution in [-0.2, 0) is 22.7 Å². The molecule has 6 aromatic rings. The molecule has 65 heavy (non-hydrogen) atoms. The maximum absolute atomic E-state index is 14.8. The minimum atomic E-state index is -4.83. The minimum absolute atomic E-state index is 0.0197. The summed E-state index contributed by atoms with van der Waals surface area (Å²) in [5.41, 5.74) is 3.76. The minimum Gasteiger partial charge on any atom is -0.381 e. The number of anilines is 3. The van der Waals surface area contributed by atoms with E-state index in [1.54, 1.807) is 17.8 Å². The molecule has 2 saturated heterocycles. The Balaban J connectivity index is 0.941. The van der Waals surface area contributed by atoms with Crippen molar-refractivity contribution in [2.24, 2.45) is 0 Å². The SMILES string of the molecule is CC(C)N1CCN(CC[C@H](CSc2ccccc2)Nc2ccc(S(=O)(=O)Nc3ncnc4cc(N5CCN(Cc6ccccc6-c6ccc(Cl)cc6)CC5)ccc34)cc2C(F)(F)F)CC1. The van der Waals surface area contributed by atoms with Gasteiger partial charge in [0.15, 0.2) is 5.82 Å². The lowest BCUT2D eigenvalue weighted by molar-refractivity contribution is -0.137. The monoisotopic (exact) mass is 942 g/mol. The molecule has 1 aromatic heterocycles. The van der Waals surface area contributed by atoms with Crippen LogP contribution in [0.2, 0.25) is 5.02 Å². The number of fused-ring (bicyclic) bond motifs is 1. The predicted molar refractivity (Wildman–Crippen MR) is 259 cm³/mol. The lowest BCUT2D eigenvalue weighted by Gasteiger charge is -2.37. The number of nitrogens with one attached hydrogen (secondary N) is 2. The van der Waals surface area contributed by atoms with Crippen LogP contribution < -0.4 is 14.9 Å². The van der Waals surface area contributed by atoms with Crippen molar-refractivity contribution in [3.05, 3.63) is 138 Å². The van der Waals surface area contributed by atoms with Gasteiger partial charge in [0.05, 0.1) is 16.0 Å². The predicted octanol–water partition coefficient (Wildman–Crippen LogP) is 10.1. The Bertz CT molecular complexity index is 2640. The van der Waals surface area contributed by atoms with Crippen LogP contribution in [0.4, 0.5) is 30.4 Å². The topological polar surface area (TPSA) is 96.9 Å². The number of nitrogens with zero attached hydrogens (tertiary/aromatic N) is 6. The molecule has 16 heteroatoms. The number of benzene rings is 5. The molecule has 8 rings (SSSR count). The molecule has 3 heterocycles. The highest BCUT2D eigenvalue weighted by atomic mass is 35.5. The van der Waals surface area contributed by atoms with Gasteiger partial charge in [0.2, 0.25) is 0 Å². The summed E-state index contributed by atoms with van der Waals surface area (Å²) in [7, 11) is -4.50. The molecule has 2 aliphatic rings. The molecule has 0 unspecified atom stereocenters. The van der Waals surface area contributed by atoms with Gasteiger partial charge >= 0.3 is 6.18 Å². The molecule has 0 bridgehead atoms. The summed E-state index contributed by atoms with van der Waals surface area (Å²) in [6.45, 7) is 12.8. The third-order valence-corrected chi connectivity index (χ3v) is 15.0. The Kier molecular flexibility index (Phi) is 14.9. The van der Waals surface area contributed by atoms with Crippen LogP contribution in [-0.4, -0.2) is 110 Å². The summed E-state index contributed by atoms with van der Waals surface area (Å²) in [4.78, 5) is 18.6. The van der Waals surface area contributed by atoms with Crippen molar-refractivity contribution in [1.82, 2.24) is 24.7 Å². The summed E-state index contributed by atoms with van der Waals surface area (Å²) in [6, 6.07) is 34.9. The van der Waals surface area contributed by atoms with E-state index in [-0.39, 0.29) is 17.5 Å². The van der Waals surface area contributed by atoms with E-state index in [2.05, 4.69) is 71.7 Å². The lowest BCUT2D eigenvalue weighted by atomic mass is 9.99. The number of hydrogen-bond acceptors (Lipinski definition) is 10. The number of alkyl halides is 3. The van der Waals surface area contributed by atoms with E-state index >= 15 is 0 Å². The van der Waals surface area contributed by atoms with E-state index in [1.165, 1.54) is 29.6 Å². The van der Waals surface area contributed by atoms with Gasteiger partial charge in [0.1, 0.15) is 6.33 Å². The van der Waals surface area contributed by atoms with Gasteiger partial charge in [-0.2, -0.15) is 13.2 Å². The molecule has 2 aliphatic heterocycles. The summed E-state index contributed by atoms with van der Waals surface area (Å²) in [5, 5.41) is 4.30. The van der Waals surface area contributed by atoms with Crippen molar-refractivity contribution in [3.63, 3.8) is 0 Å². The van der Waals surface area contributed by atoms with Crippen molar-refractivity contribution < 1.29 is 21.6 Å². The maximum Gasteiger partial charge on any atom is 0.418 e. The summed E-state index contributed by atoms with van der Waals surface area (Å²) < 4.78 is 74.7. The summed E-state index contributed by atoms with van der Waals surface area (Å²) >= 11 is 7.72. The molecule has 0 radical (unpaired) electrons.